The Balaban J connectivity index is 1.44. The molecule has 25 heavy (non-hydrogen) atoms. The number of hydrogen-bond donors (Lipinski definition) is 1. The minimum Gasteiger partial charge on any atom is -0.486 e. The topological polar surface area (TPSA) is 90.7 Å². The second-order valence-electron chi connectivity index (χ2n) is 5.73. The summed E-state index contributed by atoms with van der Waals surface area (Å²) in [5.74, 6) is 1.24. The molecule has 2 aromatic rings. The number of nitro benzene ring substituents is 1. The van der Waals surface area contributed by atoms with Crippen LogP contribution in [0.4, 0.5) is 5.69 Å². The van der Waals surface area contributed by atoms with E-state index in [4.69, 9.17) is 9.47 Å². The summed E-state index contributed by atoms with van der Waals surface area (Å²) in [6, 6.07) is 13.7. The fourth-order valence-electron chi connectivity index (χ4n) is 2.56. The van der Waals surface area contributed by atoms with Crippen LogP contribution in [0.2, 0.25) is 0 Å². The Labute approximate surface area is 144 Å². The highest BCUT2D eigenvalue weighted by atomic mass is 16.6. The van der Waals surface area contributed by atoms with Crippen LogP contribution in [0.5, 0.6) is 11.5 Å². The van der Waals surface area contributed by atoms with Gasteiger partial charge >= 0.3 is 0 Å². The van der Waals surface area contributed by atoms with Crippen molar-refractivity contribution >= 4 is 11.6 Å². The first kappa shape index (κ1) is 16.8. The van der Waals surface area contributed by atoms with E-state index in [0.29, 0.717) is 31.1 Å². The van der Waals surface area contributed by atoms with Crippen molar-refractivity contribution in [1.29, 1.82) is 0 Å². The first-order valence-electron chi connectivity index (χ1n) is 8.00. The molecule has 1 aliphatic rings. The number of benzene rings is 2. The maximum Gasteiger partial charge on any atom is 0.269 e. The van der Waals surface area contributed by atoms with Crippen LogP contribution in [0, 0.1) is 10.1 Å². The highest BCUT2D eigenvalue weighted by Crippen LogP contribution is 2.30. The maximum atomic E-state index is 12.0. The molecule has 0 aromatic heterocycles. The lowest BCUT2D eigenvalue weighted by Crippen LogP contribution is -2.40. The molecule has 7 heteroatoms. The van der Waals surface area contributed by atoms with E-state index in [2.05, 4.69) is 5.32 Å². The van der Waals surface area contributed by atoms with Crippen molar-refractivity contribution in [2.24, 2.45) is 0 Å². The molecule has 1 atom stereocenters. The molecular weight excluding hydrogens is 324 g/mol. The van der Waals surface area contributed by atoms with Crippen LogP contribution in [0.25, 0.3) is 0 Å². The van der Waals surface area contributed by atoms with Gasteiger partial charge in [0, 0.05) is 18.6 Å². The van der Waals surface area contributed by atoms with Crippen LogP contribution in [0.15, 0.2) is 48.5 Å². The summed E-state index contributed by atoms with van der Waals surface area (Å²) in [5.41, 5.74) is 0.792. The lowest BCUT2D eigenvalue weighted by molar-refractivity contribution is -0.384. The number of ether oxygens (including phenoxy) is 2. The van der Waals surface area contributed by atoms with Crippen LogP contribution >= 0.6 is 0 Å². The van der Waals surface area contributed by atoms with Gasteiger partial charge in [-0.15, -0.1) is 0 Å². The van der Waals surface area contributed by atoms with Gasteiger partial charge in [0.15, 0.2) is 11.5 Å². The zero-order valence-electron chi connectivity index (χ0n) is 13.5. The molecule has 7 nitrogen and oxygen atoms in total. The highest BCUT2D eigenvalue weighted by Gasteiger charge is 2.20. The molecule has 0 unspecified atom stereocenters. The molecule has 3 rings (SSSR count). The largest absolute Gasteiger partial charge is 0.486 e. The Morgan fingerprint density at radius 2 is 2.00 bits per heavy atom. The summed E-state index contributed by atoms with van der Waals surface area (Å²) in [5, 5.41) is 13.6. The predicted molar refractivity (Wildman–Crippen MR) is 90.8 cm³/mol. The van der Waals surface area contributed by atoms with Crippen molar-refractivity contribution in [2.75, 3.05) is 13.2 Å². The van der Waals surface area contributed by atoms with Crippen LogP contribution in [0.3, 0.4) is 0 Å². The van der Waals surface area contributed by atoms with Gasteiger partial charge in [0.2, 0.25) is 5.91 Å². The Kier molecular flexibility index (Phi) is 5.13. The monoisotopic (exact) mass is 342 g/mol. The van der Waals surface area contributed by atoms with Gasteiger partial charge in [-0.05, 0) is 24.1 Å². The van der Waals surface area contributed by atoms with Crippen molar-refractivity contribution in [3.63, 3.8) is 0 Å². The number of carbonyl (C=O) groups excluding carboxylic acids is 1. The molecule has 0 saturated heterocycles. The van der Waals surface area contributed by atoms with Crippen LogP contribution in [-0.4, -0.2) is 30.1 Å². The minimum atomic E-state index is -0.443. The summed E-state index contributed by atoms with van der Waals surface area (Å²) < 4.78 is 11.4. The van der Waals surface area contributed by atoms with E-state index in [1.165, 1.54) is 12.1 Å². The van der Waals surface area contributed by atoms with Crippen molar-refractivity contribution < 1.29 is 19.2 Å². The second-order valence-corrected chi connectivity index (χ2v) is 5.73. The second kappa shape index (κ2) is 7.65. The van der Waals surface area contributed by atoms with E-state index >= 15 is 0 Å². The predicted octanol–water partition coefficient (Wildman–Crippen LogP) is 2.48. The summed E-state index contributed by atoms with van der Waals surface area (Å²) in [6.07, 6.45) is 0.459. The Hall–Kier alpha value is -3.09. The molecule has 2 aromatic carbocycles. The average molecular weight is 342 g/mol. The molecule has 0 radical (unpaired) electrons. The van der Waals surface area contributed by atoms with Gasteiger partial charge in [-0.2, -0.15) is 0 Å². The molecule has 1 N–H and O–H groups in total. The van der Waals surface area contributed by atoms with Crippen LogP contribution in [-0.2, 0) is 11.2 Å². The number of nitrogens with zero attached hydrogens (tertiary/aromatic N) is 1. The van der Waals surface area contributed by atoms with Crippen molar-refractivity contribution in [3.05, 3.63) is 64.2 Å². The molecule has 0 fully saturated rings. The number of aryl methyl sites for hydroxylation is 1. The number of hydrogen-bond acceptors (Lipinski definition) is 5. The number of carbonyl (C=O) groups is 1. The summed E-state index contributed by atoms with van der Waals surface area (Å²) in [4.78, 5) is 22.3. The maximum absolute atomic E-state index is 12.0. The molecule has 1 amide bonds. The summed E-state index contributed by atoms with van der Waals surface area (Å²) in [7, 11) is 0. The van der Waals surface area contributed by atoms with Gasteiger partial charge in [-0.1, -0.05) is 24.3 Å². The number of fused-ring (bicyclic) bond motifs is 1. The first-order chi connectivity index (χ1) is 12.1. The van der Waals surface area contributed by atoms with Crippen molar-refractivity contribution in [3.8, 4) is 11.5 Å². The Morgan fingerprint density at radius 1 is 1.20 bits per heavy atom. The van der Waals surface area contributed by atoms with Crippen LogP contribution in [0.1, 0.15) is 12.0 Å². The average Bonchev–Trinajstić information content (AvgIpc) is 2.64. The molecule has 1 heterocycles. The third-order valence-corrected chi connectivity index (χ3v) is 3.86. The van der Waals surface area contributed by atoms with Crippen LogP contribution < -0.4 is 14.8 Å². The van der Waals surface area contributed by atoms with Gasteiger partial charge < -0.3 is 14.8 Å². The fraction of sp³-hybridized carbons (Fsp3) is 0.278. The lowest BCUT2D eigenvalue weighted by Gasteiger charge is -2.26. The molecule has 130 valence electrons. The van der Waals surface area contributed by atoms with Gasteiger partial charge in [0.25, 0.3) is 5.69 Å². The third kappa shape index (κ3) is 4.47. The molecule has 1 aliphatic heterocycles. The van der Waals surface area contributed by atoms with E-state index in [1.54, 1.807) is 12.1 Å². The highest BCUT2D eigenvalue weighted by molar-refractivity contribution is 5.76. The summed E-state index contributed by atoms with van der Waals surface area (Å²) in [6.45, 7) is 0.726. The quantitative estimate of drug-likeness (QED) is 0.643. The molecule has 0 aliphatic carbocycles. The number of nitro groups is 1. The zero-order valence-corrected chi connectivity index (χ0v) is 13.5. The van der Waals surface area contributed by atoms with E-state index in [-0.39, 0.29) is 24.1 Å². The molecular formula is C18H18N2O5. The molecule has 0 spiro atoms. The van der Waals surface area contributed by atoms with E-state index in [0.717, 1.165) is 5.56 Å². The number of para-hydroxylation sites is 2. The van der Waals surface area contributed by atoms with Crippen molar-refractivity contribution in [1.82, 2.24) is 5.32 Å². The number of amides is 1. The fourth-order valence-corrected chi connectivity index (χ4v) is 2.56. The SMILES string of the molecule is O=C(CCc1cccc([N+](=O)[O-])c1)NC[C@@H]1COc2ccccc2O1. The van der Waals surface area contributed by atoms with Crippen molar-refractivity contribution in [2.45, 2.75) is 18.9 Å². The number of nitrogens with one attached hydrogen (secondary N) is 1. The Bertz CT molecular complexity index is 778. The molecule has 0 bridgehead atoms. The van der Waals surface area contributed by atoms with E-state index in [9.17, 15) is 14.9 Å². The zero-order chi connectivity index (χ0) is 17.6. The first-order valence-corrected chi connectivity index (χ1v) is 8.00. The third-order valence-electron chi connectivity index (χ3n) is 3.86. The minimum absolute atomic E-state index is 0.0318. The van der Waals surface area contributed by atoms with Gasteiger partial charge in [0.1, 0.15) is 12.7 Å². The lowest BCUT2D eigenvalue weighted by atomic mass is 10.1. The molecule has 0 saturated carbocycles. The standard InChI is InChI=1S/C18H18N2O5/c21-18(9-8-13-4-3-5-14(10-13)20(22)23)19-11-15-12-24-16-6-1-2-7-17(16)25-15/h1-7,10,15H,8-9,11-12H2,(H,19,21)/t15-/m1/s1. The van der Waals surface area contributed by atoms with Gasteiger partial charge in [-0.25, -0.2) is 0 Å². The number of rotatable bonds is 6. The normalized spacial score (nSPS) is 15.4. The van der Waals surface area contributed by atoms with E-state index in [1.807, 2.05) is 24.3 Å². The number of non-ortho nitro benzene ring substituents is 1. The smallest absolute Gasteiger partial charge is 0.269 e. The van der Waals surface area contributed by atoms with Gasteiger partial charge in [-0.3, -0.25) is 14.9 Å². The van der Waals surface area contributed by atoms with Gasteiger partial charge in [0.05, 0.1) is 11.5 Å². The summed E-state index contributed by atoms with van der Waals surface area (Å²) >= 11 is 0. The Morgan fingerprint density at radius 3 is 2.80 bits per heavy atom. The van der Waals surface area contributed by atoms with E-state index < -0.39 is 4.92 Å².